The molecule has 2 amide bonds. The number of aryl methyl sites for hydroxylation is 1. The van der Waals surface area contributed by atoms with Gasteiger partial charge in [-0.3, -0.25) is 13.9 Å². The van der Waals surface area contributed by atoms with Crippen LogP contribution >= 0.6 is 0 Å². The van der Waals surface area contributed by atoms with Gasteiger partial charge in [0.25, 0.3) is 0 Å². The molecule has 0 aromatic heterocycles. The monoisotopic (exact) mass is 531 g/mol. The highest BCUT2D eigenvalue weighted by Crippen LogP contribution is 2.22. The van der Waals surface area contributed by atoms with Crippen molar-refractivity contribution in [3.05, 3.63) is 65.5 Å². The Labute approximate surface area is 220 Å². The fourth-order valence-corrected chi connectivity index (χ4v) is 5.82. The van der Waals surface area contributed by atoms with Crippen molar-refractivity contribution >= 4 is 27.5 Å². The minimum absolute atomic E-state index is 0.0756. The number of halogens is 1. The summed E-state index contributed by atoms with van der Waals surface area (Å²) in [5.74, 6) is -0.789. The van der Waals surface area contributed by atoms with Crippen LogP contribution in [0.2, 0.25) is 0 Å². The van der Waals surface area contributed by atoms with Gasteiger partial charge in [-0.1, -0.05) is 44.0 Å². The second-order valence-electron chi connectivity index (χ2n) is 9.84. The maximum absolute atomic E-state index is 13.5. The van der Waals surface area contributed by atoms with Gasteiger partial charge >= 0.3 is 0 Å². The highest BCUT2D eigenvalue weighted by Gasteiger charge is 2.30. The quantitative estimate of drug-likeness (QED) is 0.436. The second kappa shape index (κ2) is 13.0. The highest BCUT2D eigenvalue weighted by atomic mass is 32.2. The van der Waals surface area contributed by atoms with Crippen LogP contribution in [0.15, 0.2) is 48.5 Å². The average Bonchev–Trinajstić information content (AvgIpc) is 3.35. The Morgan fingerprint density at radius 3 is 2.38 bits per heavy atom. The number of rotatable bonds is 12. The van der Waals surface area contributed by atoms with E-state index in [1.807, 2.05) is 19.9 Å². The topological polar surface area (TPSA) is 86.8 Å². The molecule has 1 aliphatic rings. The van der Waals surface area contributed by atoms with E-state index in [2.05, 4.69) is 5.32 Å². The average molecular weight is 532 g/mol. The first-order valence-corrected chi connectivity index (χ1v) is 14.8. The van der Waals surface area contributed by atoms with Crippen molar-refractivity contribution in [2.24, 2.45) is 0 Å². The van der Waals surface area contributed by atoms with Crippen molar-refractivity contribution in [2.45, 2.75) is 77.4 Å². The summed E-state index contributed by atoms with van der Waals surface area (Å²) in [6.45, 7) is 4.07. The van der Waals surface area contributed by atoms with Gasteiger partial charge < -0.3 is 10.2 Å². The molecule has 0 heterocycles. The van der Waals surface area contributed by atoms with Gasteiger partial charge in [0.2, 0.25) is 21.8 Å². The maximum Gasteiger partial charge on any atom is 0.243 e. The summed E-state index contributed by atoms with van der Waals surface area (Å²) in [6.07, 6.45) is 5.99. The predicted octanol–water partition coefficient (Wildman–Crippen LogP) is 4.55. The molecule has 1 fully saturated rings. The zero-order valence-electron chi connectivity index (χ0n) is 22.0. The first-order chi connectivity index (χ1) is 17.6. The standard InChI is InChI=1S/C28H38FN3O4S/c1-4-26(28(34)30-24-10-5-6-11-24)31(20-22-14-16-23(29)17-15-22)27(33)13-8-18-32(37(3,35)36)25-12-7-9-21(2)19-25/h7,9,12,14-17,19,24,26H,4-6,8,10-11,13,18,20H2,1-3H3,(H,30,34). The van der Waals surface area contributed by atoms with Crippen LogP contribution in [0, 0.1) is 12.7 Å². The molecule has 2 aromatic rings. The molecule has 0 radical (unpaired) electrons. The van der Waals surface area contributed by atoms with Crippen LogP contribution < -0.4 is 9.62 Å². The number of carbonyl (C=O) groups excluding carboxylic acids is 2. The number of carbonyl (C=O) groups is 2. The minimum atomic E-state index is -3.54. The molecular formula is C28H38FN3O4S. The Morgan fingerprint density at radius 1 is 1.11 bits per heavy atom. The smallest absolute Gasteiger partial charge is 0.243 e. The van der Waals surface area contributed by atoms with Gasteiger partial charge in [-0.15, -0.1) is 0 Å². The first-order valence-electron chi connectivity index (χ1n) is 13.0. The maximum atomic E-state index is 13.5. The van der Waals surface area contributed by atoms with Crippen LogP contribution in [0.5, 0.6) is 0 Å². The molecule has 3 rings (SSSR count). The Morgan fingerprint density at radius 2 is 1.78 bits per heavy atom. The number of nitrogens with zero attached hydrogens (tertiary/aromatic N) is 2. The molecule has 2 aromatic carbocycles. The van der Waals surface area contributed by atoms with Crippen molar-refractivity contribution in [3.8, 4) is 0 Å². The SMILES string of the molecule is CCC(C(=O)NC1CCCC1)N(Cc1ccc(F)cc1)C(=O)CCCN(c1cccc(C)c1)S(C)(=O)=O. The lowest BCUT2D eigenvalue weighted by Crippen LogP contribution is -2.51. The number of hydrogen-bond acceptors (Lipinski definition) is 4. The number of sulfonamides is 1. The number of nitrogens with one attached hydrogen (secondary N) is 1. The summed E-state index contributed by atoms with van der Waals surface area (Å²) in [4.78, 5) is 28.2. The van der Waals surface area contributed by atoms with Crippen molar-refractivity contribution in [2.75, 3.05) is 17.1 Å². The summed E-state index contributed by atoms with van der Waals surface area (Å²) in [6, 6.07) is 12.6. The van der Waals surface area contributed by atoms with Crippen LogP contribution in [0.4, 0.5) is 10.1 Å². The summed E-state index contributed by atoms with van der Waals surface area (Å²) in [7, 11) is -3.54. The van der Waals surface area contributed by atoms with Crippen molar-refractivity contribution < 1.29 is 22.4 Å². The zero-order chi connectivity index (χ0) is 27.0. The zero-order valence-corrected chi connectivity index (χ0v) is 22.8. The van der Waals surface area contributed by atoms with Crippen LogP contribution in [-0.4, -0.2) is 50.0 Å². The molecule has 0 spiro atoms. The van der Waals surface area contributed by atoms with Gasteiger partial charge in [0, 0.05) is 25.6 Å². The van der Waals surface area contributed by atoms with Crippen molar-refractivity contribution in [3.63, 3.8) is 0 Å². The number of amides is 2. The lowest BCUT2D eigenvalue weighted by atomic mass is 10.1. The normalized spacial score (nSPS) is 14.8. The third-order valence-electron chi connectivity index (χ3n) is 6.80. The van der Waals surface area contributed by atoms with E-state index in [9.17, 15) is 22.4 Å². The van der Waals surface area contributed by atoms with Gasteiger partial charge in [-0.05, 0) is 68.0 Å². The number of hydrogen-bond donors (Lipinski definition) is 1. The molecule has 0 bridgehead atoms. The molecule has 0 saturated heterocycles. The summed E-state index contributed by atoms with van der Waals surface area (Å²) in [5.41, 5.74) is 2.21. The minimum Gasteiger partial charge on any atom is -0.352 e. The molecule has 1 unspecified atom stereocenters. The van der Waals surface area contributed by atoms with E-state index in [1.54, 1.807) is 35.2 Å². The van der Waals surface area contributed by atoms with Gasteiger partial charge in [0.15, 0.2) is 0 Å². The molecule has 1 saturated carbocycles. The summed E-state index contributed by atoms with van der Waals surface area (Å²) < 4.78 is 39.7. The number of benzene rings is 2. The van der Waals surface area contributed by atoms with E-state index in [-0.39, 0.29) is 43.2 Å². The largest absolute Gasteiger partial charge is 0.352 e. The lowest BCUT2D eigenvalue weighted by molar-refractivity contribution is -0.141. The second-order valence-corrected chi connectivity index (χ2v) is 11.7. The molecule has 1 aliphatic carbocycles. The van der Waals surface area contributed by atoms with E-state index in [0.717, 1.165) is 43.1 Å². The van der Waals surface area contributed by atoms with Crippen LogP contribution in [0.1, 0.15) is 63.0 Å². The van der Waals surface area contributed by atoms with Gasteiger partial charge in [-0.2, -0.15) is 0 Å². The summed E-state index contributed by atoms with van der Waals surface area (Å²) in [5, 5.41) is 3.10. The van der Waals surface area contributed by atoms with Crippen LogP contribution in [-0.2, 0) is 26.2 Å². The fourth-order valence-electron chi connectivity index (χ4n) is 4.86. The Kier molecular flexibility index (Phi) is 10.1. The number of anilines is 1. The molecule has 1 N–H and O–H groups in total. The molecule has 9 heteroatoms. The van der Waals surface area contributed by atoms with Gasteiger partial charge in [0.05, 0.1) is 11.9 Å². The van der Waals surface area contributed by atoms with E-state index in [0.29, 0.717) is 18.5 Å². The lowest BCUT2D eigenvalue weighted by Gasteiger charge is -2.32. The van der Waals surface area contributed by atoms with E-state index in [1.165, 1.54) is 16.4 Å². The van der Waals surface area contributed by atoms with Crippen molar-refractivity contribution in [1.29, 1.82) is 0 Å². The van der Waals surface area contributed by atoms with Gasteiger partial charge in [-0.25, -0.2) is 12.8 Å². The van der Waals surface area contributed by atoms with E-state index >= 15 is 0 Å². The highest BCUT2D eigenvalue weighted by molar-refractivity contribution is 7.92. The molecular weight excluding hydrogens is 493 g/mol. The summed E-state index contributed by atoms with van der Waals surface area (Å²) >= 11 is 0. The Balaban J connectivity index is 1.75. The molecule has 37 heavy (non-hydrogen) atoms. The molecule has 202 valence electrons. The Hall–Kier alpha value is -2.94. The van der Waals surface area contributed by atoms with Crippen molar-refractivity contribution in [1.82, 2.24) is 10.2 Å². The fraction of sp³-hybridized carbons (Fsp3) is 0.500. The van der Waals surface area contributed by atoms with E-state index < -0.39 is 16.1 Å². The Bertz CT molecular complexity index is 1160. The van der Waals surface area contributed by atoms with Crippen LogP contribution in [0.3, 0.4) is 0 Å². The molecule has 1 atom stereocenters. The predicted molar refractivity (Wildman–Crippen MR) is 144 cm³/mol. The van der Waals surface area contributed by atoms with E-state index in [4.69, 9.17) is 0 Å². The van der Waals surface area contributed by atoms with Crippen LogP contribution in [0.25, 0.3) is 0 Å². The van der Waals surface area contributed by atoms with Gasteiger partial charge in [0.1, 0.15) is 11.9 Å². The molecule has 0 aliphatic heterocycles. The third-order valence-corrected chi connectivity index (χ3v) is 7.99. The third kappa shape index (κ3) is 8.28. The molecule has 7 nitrogen and oxygen atoms in total. The first kappa shape index (κ1) is 28.6.